The number of pyridine rings is 1. The van der Waals surface area contributed by atoms with Crippen LogP contribution >= 0.6 is 0 Å². The molecule has 6 nitrogen and oxygen atoms in total. The molecule has 0 aliphatic carbocycles. The quantitative estimate of drug-likeness (QED) is 0.641. The van der Waals surface area contributed by atoms with Crippen molar-refractivity contribution in [3.63, 3.8) is 0 Å². The lowest BCUT2D eigenvalue weighted by molar-refractivity contribution is 0.0944. The molecule has 1 aromatic carbocycles. The third-order valence-electron chi connectivity index (χ3n) is 4.97. The van der Waals surface area contributed by atoms with Crippen LogP contribution in [0.1, 0.15) is 30.8 Å². The van der Waals surface area contributed by atoms with Gasteiger partial charge in [-0.05, 0) is 38.2 Å². The lowest BCUT2D eigenvalue weighted by atomic mass is 10.1. The highest BCUT2D eigenvalue weighted by molar-refractivity contribution is 6.07. The molecule has 0 saturated carbocycles. The molecule has 0 fully saturated rings. The first kappa shape index (κ1) is 18.2. The number of amides is 1. The lowest BCUT2D eigenvalue weighted by Crippen LogP contribution is -2.30. The summed E-state index contributed by atoms with van der Waals surface area (Å²) in [6.07, 6.45) is 0.904. The van der Waals surface area contributed by atoms with E-state index in [4.69, 9.17) is 0 Å². The van der Waals surface area contributed by atoms with Gasteiger partial charge in [-0.15, -0.1) is 0 Å². The fourth-order valence-electron chi connectivity index (χ4n) is 3.44. The van der Waals surface area contributed by atoms with Gasteiger partial charge in [-0.1, -0.05) is 32.0 Å². The van der Waals surface area contributed by atoms with Gasteiger partial charge in [0.15, 0.2) is 0 Å². The second kappa shape index (κ2) is 7.74. The number of hydrogen-bond donors (Lipinski definition) is 2. The Hall–Kier alpha value is -2.60. The van der Waals surface area contributed by atoms with Crippen LogP contribution < -0.4 is 10.9 Å². The molecule has 138 valence electrons. The van der Waals surface area contributed by atoms with E-state index in [-0.39, 0.29) is 11.5 Å². The number of aromatic amines is 1. The lowest BCUT2D eigenvalue weighted by Gasteiger charge is -2.17. The summed E-state index contributed by atoms with van der Waals surface area (Å²) >= 11 is 0. The van der Waals surface area contributed by atoms with Crippen LogP contribution in [0, 0.1) is 0 Å². The van der Waals surface area contributed by atoms with Crippen LogP contribution in [0.15, 0.2) is 35.1 Å². The van der Waals surface area contributed by atoms with Gasteiger partial charge in [0, 0.05) is 19.0 Å². The van der Waals surface area contributed by atoms with Crippen molar-refractivity contribution in [2.75, 3.05) is 26.2 Å². The number of nitrogens with one attached hydrogen (secondary N) is 2. The van der Waals surface area contributed by atoms with Crippen LogP contribution in [0.25, 0.3) is 21.8 Å². The molecule has 6 heteroatoms. The van der Waals surface area contributed by atoms with Gasteiger partial charge < -0.3 is 19.8 Å². The van der Waals surface area contributed by atoms with Crippen LogP contribution in [0.3, 0.4) is 0 Å². The molecule has 0 spiro atoms. The van der Waals surface area contributed by atoms with Crippen LogP contribution in [0.5, 0.6) is 0 Å². The van der Waals surface area contributed by atoms with Crippen molar-refractivity contribution in [1.82, 2.24) is 19.8 Å². The van der Waals surface area contributed by atoms with E-state index in [0.717, 1.165) is 42.5 Å². The van der Waals surface area contributed by atoms with E-state index < -0.39 is 0 Å². The molecule has 0 aliphatic rings. The average Bonchev–Trinajstić information content (AvgIpc) is 3.00. The van der Waals surface area contributed by atoms with E-state index in [1.54, 1.807) is 6.07 Å². The van der Waals surface area contributed by atoms with Crippen LogP contribution in [0.2, 0.25) is 0 Å². The van der Waals surface area contributed by atoms with Crippen molar-refractivity contribution in [3.8, 4) is 0 Å². The van der Waals surface area contributed by atoms with Gasteiger partial charge in [0.1, 0.15) is 5.69 Å². The maximum absolute atomic E-state index is 12.6. The molecular formula is C20H26N4O2. The van der Waals surface area contributed by atoms with Crippen molar-refractivity contribution in [2.45, 2.75) is 20.3 Å². The van der Waals surface area contributed by atoms with E-state index in [0.29, 0.717) is 17.6 Å². The minimum Gasteiger partial charge on any atom is -0.351 e. The number of aryl methyl sites for hydroxylation is 1. The van der Waals surface area contributed by atoms with Gasteiger partial charge in [-0.3, -0.25) is 9.59 Å². The molecule has 1 amide bonds. The molecule has 0 atom stereocenters. The summed E-state index contributed by atoms with van der Waals surface area (Å²) < 4.78 is 1.81. The van der Waals surface area contributed by atoms with Crippen LogP contribution in [-0.4, -0.2) is 46.5 Å². The second-order valence-corrected chi connectivity index (χ2v) is 6.49. The number of fused-ring (bicyclic) bond motifs is 3. The van der Waals surface area contributed by atoms with Crippen LogP contribution in [0.4, 0.5) is 0 Å². The Balaban J connectivity index is 1.83. The van der Waals surface area contributed by atoms with Gasteiger partial charge in [-0.25, -0.2) is 0 Å². The van der Waals surface area contributed by atoms with Gasteiger partial charge in [0.25, 0.3) is 11.5 Å². The van der Waals surface area contributed by atoms with E-state index in [1.807, 2.05) is 35.9 Å². The number of aromatic nitrogens is 2. The summed E-state index contributed by atoms with van der Waals surface area (Å²) in [5.74, 6) is -0.147. The van der Waals surface area contributed by atoms with Gasteiger partial charge >= 0.3 is 0 Å². The summed E-state index contributed by atoms with van der Waals surface area (Å²) in [7, 11) is 1.83. The molecule has 0 bridgehead atoms. The van der Waals surface area contributed by atoms with Gasteiger partial charge in [0.2, 0.25) is 0 Å². The molecule has 26 heavy (non-hydrogen) atoms. The van der Waals surface area contributed by atoms with Crippen molar-refractivity contribution >= 4 is 27.7 Å². The maximum atomic E-state index is 12.6. The zero-order valence-corrected chi connectivity index (χ0v) is 15.6. The second-order valence-electron chi connectivity index (χ2n) is 6.49. The van der Waals surface area contributed by atoms with E-state index >= 15 is 0 Å². The monoisotopic (exact) mass is 354 g/mol. The summed E-state index contributed by atoms with van der Waals surface area (Å²) in [4.78, 5) is 30.2. The number of carbonyl (C=O) groups excluding carboxylic acids is 1. The third-order valence-corrected chi connectivity index (χ3v) is 4.97. The number of para-hydroxylation sites is 1. The molecule has 3 aromatic rings. The Kier molecular flexibility index (Phi) is 5.42. The summed E-state index contributed by atoms with van der Waals surface area (Å²) in [5.41, 5.74) is 1.90. The van der Waals surface area contributed by atoms with Gasteiger partial charge in [0.05, 0.1) is 16.4 Å². The average molecular weight is 354 g/mol. The highest BCUT2D eigenvalue weighted by atomic mass is 16.2. The third kappa shape index (κ3) is 3.37. The summed E-state index contributed by atoms with van der Waals surface area (Å²) in [5, 5.41) is 4.45. The summed E-state index contributed by atoms with van der Waals surface area (Å²) in [6.45, 7) is 7.90. The topological polar surface area (TPSA) is 70.1 Å². The highest BCUT2D eigenvalue weighted by Gasteiger charge is 2.17. The molecule has 0 unspecified atom stereocenters. The molecule has 0 aliphatic heterocycles. The molecule has 2 heterocycles. The fourth-order valence-corrected chi connectivity index (χ4v) is 3.44. The SMILES string of the molecule is CCN(CC)CCCNC(=O)c1cc2c(=O)[nH]c3ccccc3c2n1C. The first-order chi connectivity index (χ1) is 12.6. The van der Waals surface area contributed by atoms with E-state index in [2.05, 4.69) is 29.0 Å². The minimum absolute atomic E-state index is 0.147. The number of carbonyl (C=O) groups is 1. The molecule has 2 N–H and O–H groups in total. The standard InChI is InChI=1S/C20H26N4O2/c1-4-24(5-2)12-8-11-21-20(26)17-13-15-18(23(17)3)14-9-6-7-10-16(14)22-19(15)25/h6-7,9-10,13H,4-5,8,11-12H2,1-3H3,(H,21,26)(H,22,25). The Morgan fingerprint density at radius 2 is 1.92 bits per heavy atom. The predicted octanol–water partition coefficient (Wildman–Crippen LogP) is 2.48. The normalized spacial score (nSPS) is 11.5. The largest absolute Gasteiger partial charge is 0.351 e. The zero-order valence-electron chi connectivity index (χ0n) is 15.6. The molecule has 0 radical (unpaired) electrons. The minimum atomic E-state index is -0.171. The fraction of sp³-hybridized carbons (Fsp3) is 0.400. The van der Waals surface area contributed by atoms with Crippen LogP contribution in [-0.2, 0) is 7.05 Å². The molecule has 0 saturated heterocycles. The highest BCUT2D eigenvalue weighted by Crippen LogP contribution is 2.23. The Morgan fingerprint density at radius 1 is 1.19 bits per heavy atom. The van der Waals surface area contributed by atoms with Gasteiger partial charge in [-0.2, -0.15) is 0 Å². The molecular weight excluding hydrogens is 328 g/mol. The molecule has 3 rings (SSSR count). The van der Waals surface area contributed by atoms with Crippen molar-refractivity contribution in [3.05, 3.63) is 46.4 Å². The summed E-state index contributed by atoms with van der Waals surface area (Å²) in [6, 6.07) is 9.33. The predicted molar refractivity (Wildman–Crippen MR) is 106 cm³/mol. The zero-order chi connectivity index (χ0) is 18.7. The van der Waals surface area contributed by atoms with Crippen molar-refractivity contribution in [1.29, 1.82) is 0 Å². The number of rotatable bonds is 7. The maximum Gasteiger partial charge on any atom is 0.267 e. The van der Waals surface area contributed by atoms with E-state index in [9.17, 15) is 9.59 Å². The Labute approximate surface area is 152 Å². The first-order valence-electron chi connectivity index (χ1n) is 9.17. The smallest absolute Gasteiger partial charge is 0.267 e. The first-order valence-corrected chi connectivity index (χ1v) is 9.17. The Morgan fingerprint density at radius 3 is 2.65 bits per heavy atom. The molecule has 2 aromatic heterocycles. The number of nitrogens with zero attached hydrogens (tertiary/aromatic N) is 2. The number of benzene rings is 1. The van der Waals surface area contributed by atoms with Crippen molar-refractivity contribution in [2.24, 2.45) is 7.05 Å². The van der Waals surface area contributed by atoms with Crippen molar-refractivity contribution < 1.29 is 4.79 Å². The van der Waals surface area contributed by atoms with E-state index in [1.165, 1.54) is 0 Å². The number of H-pyrrole nitrogens is 1. The number of hydrogen-bond acceptors (Lipinski definition) is 3. The Bertz CT molecular complexity index is 983.